The smallest absolute Gasteiger partial charge is 0.253 e. The van der Waals surface area contributed by atoms with Gasteiger partial charge in [-0.15, -0.1) is 6.58 Å². The molecule has 2 rings (SSSR count). The second-order valence-corrected chi connectivity index (χ2v) is 6.85. The van der Waals surface area contributed by atoms with Gasteiger partial charge in [-0.25, -0.2) is 0 Å². The Kier molecular flexibility index (Phi) is 6.94. The third-order valence-electron chi connectivity index (χ3n) is 4.47. The second-order valence-electron chi connectivity index (χ2n) is 6.03. The molecule has 1 N–H and O–H groups in total. The highest BCUT2D eigenvalue weighted by Crippen LogP contribution is 2.26. The van der Waals surface area contributed by atoms with Gasteiger partial charge in [0.25, 0.3) is 5.91 Å². The van der Waals surface area contributed by atoms with Crippen LogP contribution < -0.4 is 5.32 Å². The summed E-state index contributed by atoms with van der Waals surface area (Å²) in [6.45, 7) is 4.66. The average Bonchev–Trinajstić information content (AvgIpc) is 2.57. The third kappa shape index (κ3) is 4.72. The standard InChI is InChI=1S/C18H24Cl2N2O/c1-3-4-11-21-16-7-5-6-8-17(16)22(2)18(23)13-9-10-14(19)15(20)12-13/h3,9-10,12,16-17,21H,1,4-8,11H2,2H3. The zero-order chi connectivity index (χ0) is 16.8. The van der Waals surface area contributed by atoms with Crippen LogP contribution in [0.2, 0.25) is 10.0 Å². The Labute approximate surface area is 148 Å². The molecule has 0 radical (unpaired) electrons. The van der Waals surface area contributed by atoms with Crippen molar-refractivity contribution in [2.45, 2.75) is 44.2 Å². The van der Waals surface area contributed by atoms with Crippen LogP contribution in [0, 0.1) is 0 Å². The maximum Gasteiger partial charge on any atom is 0.253 e. The highest BCUT2D eigenvalue weighted by molar-refractivity contribution is 6.42. The number of hydrogen-bond acceptors (Lipinski definition) is 2. The van der Waals surface area contributed by atoms with Crippen LogP contribution in [0.5, 0.6) is 0 Å². The molecule has 126 valence electrons. The molecule has 0 spiro atoms. The van der Waals surface area contributed by atoms with E-state index in [1.807, 2.05) is 18.0 Å². The molecule has 1 saturated carbocycles. The van der Waals surface area contributed by atoms with Gasteiger partial charge in [0.05, 0.1) is 10.0 Å². The van der Waals surface area contributed by atoms with E-state index >= 15 is 0 Å². The highest BCUT2D eigenvalue weighted by atomic mass is 35.5. The molecule has 1 aromatic rings. The Bertz CT molecular complexity index is 562. The largest absolute Gasteiger partial charge is 0.337 e. The number of carbonyl (C=O) groups is 1. The molecule has 1 aliphatic rings. The first-order chi connectivity index (χ1) is 11.0. The number of carbonyl (C=O) groups excluding carboxylic acids is 1. The van der Waals surface area contributed by atoms with Gasteiger partial charge in [-0.1, -0.05) is 42.1 Å². The van der Waals surface area contributed by atoms with Crippen LogP contribution in [0.4, 0.5) is 0 Å². The van der Waals surface area contributed by atoms with Gasteiger partial charge in [0.15, 0.2) is 0 Å². The first-order valence-corrected chi connectivity index (χ1v) is 8.86. The van der Waals surface area contributed by atoms with Gasteiger partial charge in [-0.2, -0.15) is 0 Å². The Morgan fingerprint density at radius 1 is 1.35 bits per heavy atom. The first kappa shape index (κ1) is 18.3. The number of rotatable bonds is 6. The number of halogens is 2. The van der Waals surface area contributed by atoms with Crippen molar-refractivity contribution in [2.24, 2.45) is 0 Å². The van der Waals surface area contributed by atoms with Crippen molar-refractivity contribution < 1.29 is 4.79 Å². The van der Waals surface area contributed by atoms with Gasteiger partial charge in [0, 0.05) is 24.7 Å². The summed E-state index contributed by atoms with van der Waals surface area (Å²) in [5.74, 6) is -0.00835. The van der Waals surface area contributed by atoms with E-state index in [4.69, 9.17) is 23.2 Å². The molecule has 0 aliphatic heterocycles. The number of benzene rings is 1. The Balaban J connectivity index is 2.08. The fourth-order valence-electron chi connectivity index (χ4n) is 3.17. The molecule has 23 heavy (non-hydrogen) atoms. The maximum atomic E-state index is 12.8. The van der Waals surface area contributed by atoms with E-state index in [2.05, 4.69) is 11.9 Å². The SMILES string of the molecule is C=CCCNC1CCCCC1N(C)C(=O)c1ccc(Cl)c(Cl)c1. The molecule has 1 fully saturated rings. The number of nitrogens with one attached hydrogen (secondary N) is 1. The summed E-state index contributed by atoms with van der Waals surface area (Å²) < 4.78 is 0. The van der Waals surface area contributed by atoms with E-state index in [9.17, 15) is 4.79 Å². The molecular weight excluding hydrogens is 331 g/mol. The molecule has 1 aromatic carbocycles. The quantitative estimate of drug-likeness (QED) is 0.600. The minimum Gasteiger partial charge on any atom is -0.337 e. The van der Waals surface area contributed by atoms with Crippen molar-refractivity contribution in [1.29, 1.82) is 0 Å². The molecule has 1 aliphatic carbocycles. The number of amides is 1. The van der Waals surface area contributed by atoms with Crippen molar-refractivity contribution in [3.63, 3.8) is 0 Å². The summed E-state index contributed by atoms with van der Waals surface area (Å²) in [5, 5.41) is 4.45. The molecule has 0 heterocycles. The van der Waals surface area contributed by atoms with Crippen LogP contribution in [-0.2, 0) is 0 Å². The summed E-state index contributed by atoms with van der Waals surface area (Å²) in [7, 11) is 1.88. The van der Waals surface area contributed by atoms with E-state index in [-0.39, 0.29) is 11.9 Å². The molecular formula is C18H24Cl2N2O. The monoisotopic (exact) mass is 354 g/mol. The third-order valence-corrected chi connectivity index (χ3v) is 5.21. The summed E-state index contributed by atoms with van der Waals surface area (Å²) in [6.07, 6.45) is 7.33. The van der Waals surface area contributed by atoms with Crippen molar-refractivity contribution in [1.82, 2.24) is 10.2 Å². The van der Waals surface area contributed by atoms with E-state index in [0.717, 1.165) is 32.2 Å². The molecule has 2 atom stereocenters. The minimum absolute atomic E-state index is 0.00835. The van der Waals surface area contributed by atoms with Gasteiger partial charge in [-0.05, 0) is 44.0 Å². The lowest BCUT2D eigenvalue weighted by Crippen LogP contribution is -2.52. The Hall–Kier alpha value is -1.03. The van der Waals surface area contributed by atoms with E-state index in [1.165, 1.54) is 6.42 Å². The summed E-state index contributed by atoms with van der Waals surface area (Å²) in [4.78, 5) is 14.6. The van der Waals surface area contributed by atoms with E-state index in [1.54, 1.807) is 18.2 Å². The molecule has 1 amide bonds. The summed E-state index contributed by atoms with van der Waals surface area (Å²) in [5.41, 5.74) is 0.581. The Morgan fingerprint density at radius 3 is 2.78 bits per heavy atom. The molecule has 3 nitrogen and oxygen atoms in total. The fourth-order valence-corrected chi connectivity index (χ4v) is 3.47. The summed E-state index contributed by atoms with van der Waals surface area (Å²) >= 11 is 12.0. The van der Waals surface area contributed by atoms with Crippen molar-refractivity contribution in [2.75, 3.05) is 13.6 Å². The first-order valence-electron chi connectivity index (χ1n) is 8.11. The van der Waals surface area contributed by atoms with Crippen LogP contribution in [-0.4, -0.2) is 36.5 Å². The van der Waals surface area contributed by atoms with Crippen LogP contribution in [0.3, 0.4) is 0 Å². The predicted molar refractivity (Wildman–Crippen MR) is 97.4 cm³/mol. The van der Waals surface area contributed by atoms with E-state index < -0.39 is 0 Å². The zero-order valence-corrected chi connectivity index (χ0v) is 15.0. The van der Waals surface area contributed by atoms with Crippen LogP contribution in [0.15, 0.2) is 30.9 Å². The molecule has 5 heteroatoms. The van der Waals surface area contributed by atoms with Gasteiger partial charge < -0.3 is 10.2 Å². The zero-order valence-electron chi connectivity index (χ0n) is 13.5. The number of likely N-dealkylation sites (N-methyl/N-ethyl adjacent to an activating group) is 1. The van der Waals surface area contributed by atoms with Crippen molar-refractivity contribution in [3.05, 3.63) is 46.5 Å². The second kappa shape index (κ2) is 8.72. The van der Waals surface area contributed by atoms with Gasteiger partial charge in [0.1, 0.15) is 0 Å². The van der Waals surface area contributed by atoms with Crippen LogP contribution in [0.1, 0.15) is 42.5 Å². The van der Waals surface area contributed by atoms with Crippen LogP contribution in [0.25, 0.3) is 0 Å². The number of nitrogens with zero attached hydrogens (tertiary/aromatic N) is 1. The topological polar surface area (TPSA) is 32.3 Å². The van der Waals surface area contributed by atoms with Gasteiger partial charge in [0.2, 0.25) is 0 Å². The van der Waals surface area contributed by atoms with Crippen molar-refractivity contribution >= 4 is 29.1 Å². The lowest BCUT2D eigenvalue weighted by Gasteiger charge is -2.38. The highest BCUT2D eigenvalue weighted by Gasteiger charge is 2.30. The van der Waals surface area contributed by atoms with Gasteiger partial charge >= 0.3 is 0 Å². The maximum absolute atomic E-state index is 12.8. The fraction of sp³-hybridized carbons (Fsp3) is 0.500. The molecule has 0 aromatic heterocycles. The molecule has 0 bridgehead atoms. The molecule has 0 saturated heterocycles. The number of hydrogen-bond donors (Lipinski definition) is 1. The van der Waals surface area contributed by atoms with Gasteiger partial charge in [-0.3, -0.25) is 4.79 Å². The minimum atomic E-state index is -0.00835. The predicted octanol–water partition coefficient (Wildman–Crippen LogP) is 4.54. The average molecular weight is 355 g/mol. The van der Waals surface area contributed by atoms with Crippen molar-refractivity contribution in [3.8, 4) is 0 Å². The Morgan fingerprint density at radius 2 is 2.09 bits per heavy atom. The lowest BCUT2D eigenvalue weighted by atomic mass is 9.89. The van der Waals surface area contributed by atoms with E-state index in [0.29, 0.717) is 21.7 Å². The lowest BCUT2D eigenvalue weighted by molar-refractivity contribution is 0.0650. The summed E-state index contributed by atoms with van der Waals surface area (Å²) in [6, 6.07) is 5.59. The normalized spacial score (nSPS) is 21.0. The molecule has 2 unspecified atom stereocenters. The van der Waals surface area contributed by atoms with Crippen LogP contribution >= 0.6 is 23.2 Å².